The van der Waals surface area contributed by atoms with Gasteiger partial charge in [0.05, 0.1) is 0 Å². The first-order valence-electron chi connectivity index (χ1n) is 11.8. The van der Waals surface area contributed by atoms with Crippen LogP contribution in [0.3, 0.4) is 0 Å². The number of para-hydroxylation sites is 2. The summed E-state index contributed by atoms with van der Waals surface area (Å²) in [6.45, 7) is 12.9. The van der Waals surface area contributed by atoms with Gasteiger partial charge in [-0.15, -0.1) is 27.7 Å². The Hall–Kier alpha value is -1.65. The molecular weight excluding hydrogens is 485 g/mol. The average Bonchev–Trinajstić information content (AvgIpc) is 2.77. The Bertz CT molecular complexity index is 1280. The summed E-state index contributed by atoms with van der Waals surface area (Å²) >= 11 is 0. The van der Waals surface area contributed by atoms with Crippen LogP contribution < -0.4 is 31.6 Å². The van der Waals surface area contributed by atoms with E-state index in [1.807, 2.05) is 30.3 Å². The van der Waals surface area contributed by atoms with Crippen LogP contribution in [0.15, 0.2) is 41.4 Å². The van der Waals surface area contributed by atoms with Crippen LogP contribution in [-0.4, -0.2) is 27.0 Å². The normalized spacial score (nSPS) is 12.4. The van der Waals surface area contributed by atoms with Gasteiger partial charge in [-0.05, 0) is 50.7 Å². The molecule has 0 saturated carbocycles. The van der Waals surface area contributed by atoms with Crippen molar-refractivity contribution in [2.75, 3.05) is 0 Å². The molecule has 3 rings (SSSR count). The van der Waals surface area contributed by atoms with Gasteiger partial charge in [-0.2, -0.15) is 0 Å². The molecule has 35 heavy (non-hydrogen) atoms. The van der Waals surface area contributed by atoms with Crippen molar-refractivity contribution in [3.05, 3.63) is 53.1 Å². The summed E-state index contributed by atoms with van der Waals surface area (Å²) in [7, 11) is 12.6. The van der Waals surface area contributed by atoms with E-state index in [2.05, 4.69) is 91.0 Å². The van der Waals surface area contributed by atoms with Gasteiger partial charge < -0.3 is 9.84 Å². The lowest BCUT2D eigenvalue weighted by molar-refractivity contribution is 0.444. The summed E-state index contributed by atoms with van der Waals surface area (Å²) < 4.78 is 6.44. The molecule has 0 aliphatic rings. The number of ether oxygens (including phenoxy) is 1. The van der Waals surface area contributed by atoms with E-state index in [4.69, 9.17) is 9.73 Å². The standard InChI is InChI=1S/C27H36B2NO2P3/c1-26(2,3)15-11-14(21(31)16(12-15)27(4,5)6)13-30-17-9-7-8-10-18(17)32-22-19(28)23(33)20(29)24(34)25(22)35/h7-13,31H,28-29,33-35H2,1-6H3/b30-13+. The summed E-state index contributed by atoms with van der Waals surface area (Å²) in [6.07, 6.45) is 1.74. The van der Waals surface area contributed by atoms with Crippen LogP contribution in [0, 0.1) is 0 Å². The molecule has 0 fully saturated rings. The van der Waals surface area contributed by atoms with E-state index >= 15 is 0 Å². The zero-order valence-corrected chi connectivity index (χ0v) is 25.5. The molecule has 0 radical (unpaired) electrons. The number of benzene rings is 3. The van der Waals surface area contributed by atoms with Crippen LogP contribution in [0.5, 0.6) is 17.2 Å². The first kappa shape index (κ1) is 27.9. The number of phenols is 1. The maximum atomic E-state index is 11.1. The molecule has 8 heteroatoms. The molecule has 0 heterocycles. The highest BCUT2D eigenvalue weighted by molar-refractivity contribution is 7.38. The zero-order chi connectivity index (χ0) is 26.3. The van der Waals surface area contributed by atoms with Gasteiger partial charge in [0.1, 0.15) is 32.9 Å². The molecule has 0 amide bonds. The van der Waals surface area contributed by atoms with Gasteiger partial charge in [-0.3, -0.25) is 4.99 Å². The average molecular weight is 521 g/mol. The van der Waals surface area contributed by atoms with Crippen molar-refractivity contribution in [3.8, 4) is 17.2 Å². The molecule has 3 atom stereocenters. The molecule has 0 bridgehead atoms. The Kier molecular flexibility index (Phi) is 8.28. The van der Waals surface area contributed by atoms with Crippen molar-refractivity contribution >= 4 is 82.2 Å². The molecule has 0 saturated heterocycles. The minimum Gasteiger partial charge on any atom is -0.507 e. The molecule has 0 aliphatic heterocycles. The van der Waals surface area contributed by atoms with E-state index in [9.17, 15) is 5.11 Å². The Morgan fingerprint density at radius 3 is 2.09 bits per heavy atom. The van der Waals surface area contributed by atoms with Gasteiger partial charge in [0.15, 0.2) is 5.75 Å². The number of aromatic hydroxyl groups is 1. The number of phenolic OH excluding ortho intramolecular Hbond substituents is 1. The van der Waals surface area contributed by atoms with E-state index < -0.39 is 0 Å². The van der Waals surface area contributed by atoms with Crippen molar-refractivity contribution < 1.29 is 9.84 Å². The Balaban J connectivity index is 2.09. The van der Waals surface area contributed by atoms with Crippen LogP contribution in [0.25, 0.3) is 0 Å². The minimum atomic E-state index is -0.196. The Morgan fingerprint density at radius 2 is 1.49 bits per heavy atom. The first-order valence-corrected chi connectivity index (χ1v) is 13.5. The second-order valence-electron chi connectivity index (χ2n) is 11.1. The predicted octanol–water partition coefficient (Wildman–Crippen LogP) is 2.55. The molecule has 3 aromatic rings. The zero-order valence-electron chi connectivity index (χ0n) is 22.1. The topological polar surface area (TPSA) is 41.8 Å². The molecular formula is C27H36B2NO2P3. The lowest BCUT2D eigenvalue weighted by Crippen LogP contribution is -2.46. The summed E-state index contributed by atoms with van der Waals surface area (Å²) in [5, 5.41) is 14.4. The minimum absolute atomic E-state index is 0.0544. The van der Waals surface area contributed by atoms with Crippen LogP contribution in [0.2, 0.25) is 0 Å². The monoisotopic (exact) mass is 521 g/mol. The number of rotatable bonds is 4. The molecule has 3 unspecified atom stereocenters. The van der Waals surface area contributed by atoms with Gasteiger partial charge in [-0.25, -0.2) is 0 Å². The third kappa shape index (κ3) is 6.02. The fraction of sp³-hybridized carbons (Fsp3) is 0.296. The molecule has 1 N–H and O–H groups in total. The van der Waals surface area contributed by atoms with Gasteiger partial charge in [-0.1, -0.05) is 65.2 Å². The molecule has 0 aliphatic carbocycles. The quantitative estimate of drug-likeness (QED) is 0.326. The van der Waals surface area contributed by atoms with E-state index in [1.54, 1.807) is 6.21 Å². The number of aliphatic imine (C=N–C) groups is 1. The molecule has 0 aromatic heterocycles. The van der Waals surface area contributed by atoms with Crippen molar-refractivity contribution in [1.29, 1.82) is 0 Å². The second kappa shape index (κ2) is 10.4. The first-order chi connectivity index (χ1) is 16.1. The predicted molar refractivity (Wildman–Crippen MR) is 170 cm³/mol. The third-order valence-electron chi connectivity index (χ3n) is 6.32. The summed E-state index contributed by atoms with van der Waals surface area (Å²) in [5.74, 6) is 1.75. The SMILES string of the molecule is Bc1c(P)c(B)c(Oc2ccccc2/N=C/c2cc(C(C)(C)C)cc(C(C)(C)C)c2O)c(P)c1P. The van der Waals surface area contributed by atoms with Crippen LogP contribution in [-0.2, 0) is 10.8 Å². The summed E-state index contributed by atoms with van der Waals surface area (Å²) in [4.78, 5) is 4.77. The molecule has 0 spiro atoms. The highest BCUT2D eigenvalue weighted by Crippen LogP contribution is 2.38. The third-order valence-corrected chi connectivity index (χ3v) is 8.84. The van der Waals surface area contributed by atoms with E-state index in [0.717, 1.165) is 38.3 Å². The van der Waals surface area contributed by atoms with Gasteiger partial charge in [0.2, 0.25) is 0 Å². The Labute approximate surface area is 219 Å². The Morgan fingerprint density at radius 1 is 0.857 bits per heavy atom. The fourth-order valence-corrected chi connectivity index (χ4v) is 5.10. The molecule has 3 aromatic carbocycles. The highest BCUT2D eigenvalue weighted by Gasteiger charge is 2.24. The van der Waals surface area contributed by atoms with Crippen LogP contribution in [0.1, 0.15) is 58.2 Å². The second-order valence-corrected chi connectivity index (χ2v) is 12.8. The number of nitrogens with zero attached hydrogens (tertiary/aromatic N) is 1. The van der Waals surface area contributed by atoms with Gasteiger partial charge in [0.25, 0.3) is 0 Å². The maximum absolute atomic E-state index is 11.1. The smallest absolute Gasteiger partial charge is 0.153 e. The molecule has 3 nitrogen and oxygen atoms in total. The summed E-state index contributed by atoms with van der Waals surface area (Å²) in [5.41, 5.74) is 5.52. The number of hydrogen-bond acceptors (Lipinski definition) is 3. The number of hydrogen-bond donors (Lipinski definition) is 1. The van der Waals surface area contributed by atoms with Gasteiger partial charge >= 0.3 is 0 Å². The van der Waals surface area contributed by atoms with E-state index in [0.29, 0.717) is 17.0 Å². The van der Waals surface area contributed by atoms with Crippen molar-refractivity contribution in [3.63, 3.8) is 0 Å². The van der Waals surface area contributed by atoms with Crippen molar-refractivity contribution in [1.82, 2.24) is 0 Å². The summed E-state index contributed by atoms with van der Waals surface area (Å²) in [6, 6.07) is 11.9. The highest BCUT2D eigenvalue weighted by atomic mass is 31.0. The van der Waals surface area contributed by atoms with E-state index in [-0.39, 0.29) is 16.6 Å². The van der Waals surface area contributed by atoms with Crippen LogP contribution in [0.4, 0.5) is 5.69 Å². The lowest BCUT2D eigenvalue weighted by Gasteiger charge is -2.27. The maximum Gasteiger partial charge on any atom is 0.153 e. The van der Waals surface area contributed by atoms with Crippen LogP contribution >= 0.6 is 27.7 Å². The van der Waals surface area contributed by atoms with Gasteiger partial charge in [0, 0.05) is 22.6 Å². The lowest BCUT2D eigenvalue weighted by atomic mass is 9.79. The molecule has 182 valence electrons. The van der Waals surface area contributed by atoms with E-state index in [1.165, 1.54) is 5.46 Å². The van der Waals surface area contributed by atoms with Crippen molar-refractivity contribution in [2.24, 2.45) is 4.99 Å². The van der Waals surface area contributed by atoms with Crippen molar-refractivity contribution in [2.45, 2.75) is 52.4 Å². The fourth-order valence-electron chi connectivity index (χ4n) is 3.87. The largest absolute Gasteiger partial charge is 0.507 e.